The van der Waals surface area contributed by atoms with Gasteiger partial charge in [-0.1, -0.05) is 17.7 Å². The minimum absolute atomic E-state index is 0.0529. The van der Waals surface area contributed by atoms with Crippen molar-refractivity contribution in [2.75, 3.05) is 13.7 Å². The second-order valence-electron chi connectivity index (χ2n) is 5.20. The van der Waals surface area contributed by atoms with Crippen molar-refractivity contribution in [3.8, 4) is 0 Å². The first-order valence-corrected chi connectivity index (χ1v) is 7.77. The zero-order valence-electron chi connectivity index (χ0n) is 12.9. The number of carbonyl (C=O) groups is 1. The van der Waals surface area contributed by atoms with Crippen LogP contribution >= 0.6 is 11.3 Å². The Morgan fingerprint density at radius 1 is 1.24 bits per heavy atom. The third kappa shape index (κ3) is 3.93. The van der Waals surface area contributed by atoms with Crippen molar-refractivity contribution in [1.29, 1.82) is 0 Å². The van der Waals surface area contributed by atoms with E-state index in [1.807, 2.05) is 32.0 Å². The van der Waals surface area contributed by atoms with Crippen LogP contribution in [0.1, 0.15) is 37.3 Å². The van der Waals surface area contributed by atoms with Gasteiger partial charge in [-0.05, 0) is 44.5 Å². The van der Waals surface area contributed by atoms with Crippen molar-refractivity contribution in [1.82, 2.24) is 5.32 Å². The summed E-state index contributed by atoms with van der Waals surface area (Å²) < 4.78 is 5.48. The van der Waals surface area contributed by atoms with E-state index in [1.165, 1.54) is 4.88 Å². The monoisotopic (exact) mass is 303 g/mol. The number of hydrogen-bond donors (Lipinski definition) is 1. The number of ether oxygens (including phenoxy) is 1. The van der Waals surface area contributed by atoms with E-state index in [4.69, 9.17) is 4.74 Å². The average molecular weight is 303 g/mol. The minimum atomic E-state index is -0.0987. The molecule has 1 aromatic carbocycles. The Hall–Kier alpha value is -1.65. The number of thiophene rings is 1. The van der Waals surface area contributed by atoms with Gasteiger partial charge in [0.05, 0.1) is 0 Å². The van der Waals surface area contributed by atoms with Gasteiger partial charge in [-0.15, -0.1) is 11.3 Å². The Bertz CT molecular complexity index is 633. The molecule has 0 aliphatic heterocycles. The van der Waals surface area contributed by atoms with Gasteiger partial charge in [0, 0.05) is 29.0 Å². The van der Waals surface area contributed by atoms with Crippen LogP contribution in [0.3, 0.4) is 0 Å². The molecule has 0 spiro atoms. The molecule has 1 unspecified atom stereocenters. The molecule has 1 atom stereocenters. The lowest BCUT2D eigenvalue weighted by Crippen LogP contribution is -2.29. The Labute approximate surface area is 130 Å². The van der Waals surface area contributed by atoms with Gasteiger partial charge in [0.1, 0.15) is 6.10 Å². The van der Waals surface area contributed by atoms with E-state index >= 15 is 0 Å². The SMILES string of the molecule is COC(CNC(=O)c1ccc(C)cc1C)c1ccc(C)s1. The zero-order valence-corrected chi connectivity index (χ0v) is 13.7. The molecule has 112 valence electrons. The molecule has 1 amide bonds. The number of aryl methyl sites for hydroxylation is 3. The number of rotatable bonds is 5. The normalized spacial score (nSPS) is 12.2. The fourth-order valence-corrected chi connectivity index (χ4v) is 3.23. The number of carbonyl (C=O) groups excluding carboxylic acids is 1. The smallest absolute Gasteiger partial charge is 0.251 e. The molecule has 0 saturated carbocycles. The first-order valence-electron chi connectivity index (χ1n) is 6.96. The summed E-state index contributed by atoms with van der Waals surface area (Å²) >= 11 is 1.70. The van der Waals surface area contributed by atoms with E-state index in [0.717, 1.165) is 21.6 Å². The Morgan fingerprint density at radius 2 is 2.00 bits per heavy atom. The van der Waals surface area contributed by atoms with Gasteiger partial charge in [-0.3, -0.25) is 4.79 Å². The lowest BCUT2D eigenvalue weighted by atomic mass is 10.1. The standard InChI is InChI=1S/C17H21NO2S/c1-11-5-7-14(12(2)9-11)17(19)18-10-15(20-4)16-8-6-13(3)21-16/h5-9,15H,10H2,1-4H3,(H,18,19). The van der Waals surface area contributed by atoms with Crippen LogP contribution in [0.4, 0.5) is 0 Å². The van der Waals surface area contributed by atoms with E-state index in [-0.39, 0.29) is 12.0 Å². The van der Waals surface area contributed by atoms with Crippen LogP contribution in [0.25, 0.3) is 0 Å². The lowest BCUT2D eigenvalue weighted by molar-refractivity contribution is 0.0837. The van der Waals surface area contributed by atoms with Gasteiger partial charge in [0.2, 0.25) is 0 Å². The minimum Gasteiger partial charge on any atom is -0.374 e. The fraction of sp³-hybridized carbons (Fsp3) is 0.353. The summed E-state index contributed by atoms with van der Waals surface area (Å²) in [6.07, 6.45) is -0.0987. The Kier molecular flexibility index (Phi) is 5.15. The summed E-state index contributed by atoms with van der Waals surface area (Å²) in [5.41, 5.74) is 2.87. The van der Waals surface area contributed by atoms with Crippen molar-refractivity contribution in [3.63, 3.8) is 0 Å². The number of hydrogen-bond acceptors (Lipinski definition) is 3. The lowest BCUT2D eigenvalue weighted by Gasteiger charge is -2.15. The molecular weight excluding hydrogens is 282 g/mol. The molecule has 2 rings (SSSR count). The molecule has 21 heavy (non-hydrogen) atoms. The van der Waals surface area contributed by atoms with E-state index in [1.54, 1.807) is 18.4 Å². The van der Waals surface area contributed by atoms with Crippen LogP contribution in [0.2, 0.25) is 0 Å². The van der Waals surface area contributed by atoms with Crippen LogP contribution in [-0.2, 0) is 4.74 Å². The number of nitrogens with one attached hydrogen (secondary N) is 1. The van der Waals surface area contributed by atoms with Gasteiger partial charge in [0.15, 0.2) is 0 Å². The van der Waals surface area contributed by atoms with E-state index in [9.17, 15) is 4.79 Å². The van der Waals surface area contributed by atoms with Crippen molar-refractivity contribution in [2.45, 2.75) is 26.9 Å². The molecule has 0 saturated heterocycles. The van der Waals surface area contributed by atoms with E-state index in [0.29, 0.717) is 6.54 Å². The topological polar surface area (TPSA) is 38.3 Å². The first-order chi connectivity index (χ1) is 10.0. The molecule has 0 bridgehead atoms. The van der Waals surface area contributed by atoms with Gasteiger partial charge in [-0.2, -0.15) is 0 Å². The fourth-order valence-electron chi connectivity index (χ4n) is 2.28. The molecular formula is C17H21NO2S. The maximum atomic E-state index is 12.3. The molecule has 0 radical (unpaired) electrons. The number of methoxy groups -OCH3 is 1. The molecule has 3 nitrogen and oxygen atoms in total. The largest absolute Gasteiger partial charge is 0.374 e. The van der Waals surface area contributed by atoms with Crippen LogP contribution in [-0.4, -0.2) is 19.6 Å². The third-order valence-corrected chi connectivity index (χ3v) is 4.53. The van der Waals surface area contributed by atoms with Crippen molar-refractivity contribution in [2.24, 2.45) is 0 Å². The second kappa shape index (κ2) is 6.87. The van der Waals surface area contributed by atoms with Crippen molar-refractivity contribution in [3.05, 3.63) is 56.8 Å². The predicted octanol–water partition coefficient (Wildman–Crippen LogP) is 3.79. The maximum absolute atomic E-state index is 12.3. The molecule has 0 fully saturated rings. The first kappa shape index (κ1) is 15.7. The highest BCUT2D eigenvalue weighted by Gasteiger charge is 2.15. The second-order valence-corrected chi connectivity index (χ2v) is 6.52. The van der Waals surface area contributed by atoms with Gasteiger partial charge in [-0.25, -0.2) is 0 Å². The molecule has 2 aromatic rings. The van der Waals surface area contributed by atoms with Crippen LogP contribution < -0.4 is 5.32 Å². The van der Waals surface area contributed by atoms with Gasteiger partial charge >= 0.3 is 0 Å². The van der Waals surface area contributed by atoms with Gasteiger partial charge < -0.3 is 10.1 Å². The zero-order chi connectivity index (χ0) is 15.4. The summed E-state index contributed by atoms with van der Waals surface area (Å²) in [5, 5.41) is 2.96. The molecule has 0 aliphatic carbocycles. The predicted molar refractivity (Wildman–Crippen MR) is 87.1 cm³/mol. The molecule has 1 heterocycles. The van der Waals surface area contributed by atoms with E-state index < -0.39 is 0 Å². The quantitative estimate of drug-likeness (QED) is 0.912. The number of benzene rings is 1. The van der Waals surface area contributed by atoms with Crippen LogP contribution in [0.15, 0.2) is 30.3 Å². The van der Waals surface area contributed by atoms with Crippen molar-refractivity contribution < 1.29 is 9.53 Å². The van der Waals surface area contributed by atoms with E-state index in [2.05, 4.69) is 24.4 Å². The summed E-state index contributed by atoms with van der Waals surface area (Å²) in [5.74, 6) is -0.0529. The highest BCUT2D eigenvalue weighted by molar-refractivity contribution is 7.12. The van der Waals surface area contributed by atoms with Crippen LogP contribution in [0.5, 0.6) is 0 Å². The molecule has 4 heteroatoms. The highest BCUT2D eigenvalue weighted by atomic mass is 32.1. The molecule has 0 aliphatic rings. The van der Waals surface area contributed by atoms with Crippen molar-refractivity contribution >= 4 is 17.2 Å². The Morgan fingerprint density at radius 3 is 2.57 bits per heavy atom. The summed E-state index contributed by atoms with van der Waals surface area (Å²) in [6, 6.07) is 9.97. The molecule has 1 aromatic heterocycles. The van der Waals surface area contributed by atoms with Gasteiger partial charge in [0.25, 0.3) is 5.91 Å². The Balaban J connectivity index is 2.02. The highest BCUT2D eigenvalue weighted by Crippen LogP contribution is 2.24. The number of amides is 1. The summed E-state index contributed by atoms with van der Waals surface area (Å²) in [4.78, 5) is 14.6. The average Bonchev–Trinajstić information content (AvgIpc) is 2.86. The third-order valence-electron chi connectivity index (χ3n) is 3.44. The summed E-state index contributed by atoms with van der Waals surface area (Å²) in [7, 11) is 1.67. The molecule has 1 N–H and O–H groups in total. The maximum Gasteiger partial charge on any atom is 0.251 e. The van der Waals surface area contributed by atoms with Crippen LogP contribution in [0, 0.1) is 20.8 Å². The summed E-state index contributed by atoms with van der Waals surface area (Å²) in [6.45, 7) is 6.52.